The van der Waals surface area contributed by atoms with E-state index in [9.17, 15) is 4.79 Å². The molecule has 2 heteroatoms. The molecule has 0 aromatic rings. The number of hydrogen-bond donors (Lipinski definition) is 1. The second kappa shape index (κ2) is 4.01. The largest absolute Gasteiger partial charge is 0.316 e. The van der Waals surface area contributed by atoms with E-state index in [1.54, 1.807) is 0 Å². The Labute approximate surface area is 86.5 Å². The molecule has 1 heterocycles. The van der Waals surface area contributed by atoms with Gasteiger partial charge in [0.2, 0.25) is 0 Å². The van der Waals surface area contributed by atoms with Crippen molar-refractivity contribution in [3.63, 3.8) is 0 Å². The van der Waals surface area contributed by atoms with Gasteiger partial charge in [-0.05, 0) is 38.6 Å². The minimum atomic E-state index is 0.0220. The molecule has 14 heavy (non-hydrogen) atoms. The first-order chi connectivity index (χ1) is 6.78. The molecule has 0 aromatic carbocycles. The molecule has 1 N–H and O–H groups in total. The molecule has 0 radical (unpaired) electrons. The van der Waals surface area contributed by atoms with Gasteiger partial charge in [-0.1, -0.05) is 13.3 Å². The molecule has 1 aliphatic carbocycles. The Kier molecular flexibility index (Phi) is 2.91. The van der Waals surface area contributed by atoms with Crippen molar-refractivity contribution in [2.24, 2.45) is 11.3 Å². The average molecular weight is 195 g/mol. The van der Waals surface area contributed by atoms with Crippen molar-refractivity contribution in [2.45, 2.75) is 45.4 Å². The van der Waals surface area contributed by atoms with Crippen molar-refractivity contribution < 1.29 is 4.79 Å². The van der Waals surface area contributed by atoms with Gasteiger partial charge in [0.1, 0.15) is 5.78 Å². The number of ketones is 1. The summed E-state index contributed by atoms with van der Waals surface area (Å²) in [7, 11) is 0. The summed E-state index contributed by atoms with van der Waals surface area (Å²) in [6, 6.07) is 0. The van der Waals surface area contributed by atoms with Crippen LogP contribution in [-0.2, 0) is 4.79 Å². The summed E-state index contributed by atoms with van der Waals surface area (Å²) in [5, 5.41) is 3.40. The van der Waals surface area contributed by atoms with E-state index in [1.165, 1.54) is 6.42 Å². The van der Waals surface area contributed by atoms with E-state index in [0.29, 0.717) is 11.7 Å². The van der Waals surface area contributed by atoms with Crippen molar-refractivity contribution >= 4 is 5.78 Å². The van der Waals surface area contributed by atoms with Gasteiger partial charge in [-0.3, -0.25) is 4.79 Å². The number of piperidine rings is 1. The van der Waals surface area contributed by atoms with Gasteiger partial charge in [0.15, 0.2) is 0 Å². The first kappa shape index (κ1) is 10.2. The monoisotopic (exact) mass is 195 g/mol. The second-order valence-corrected chi connectivity index (χ2v) is 4.95. The molecule has 0 spiro atoms. The van der Waals surface area contributed by atoms with Gasteiger partial charge >= 0.3 is 0 Å². The molecule has 1 atom stereocenters. The van der Waals surface area contributed by atoms with E-state index < -0.39 is 0 Å². The lowest BCUT2D eigenvalue weighted by atomic mass is 9.72. The molecule has 0 bridgehead atoms. The second-order valence-electron chi connectivity index (χ2n) is 4.95. The lowest BCUT2D eigenvalue weighted by Crippen LogP contribution is -2.46. The quantitative estimate of drug-likeness (QED) is 0.744. The van der Waals surface area contributed by atoms with Crippen LogP contribution in [0, 0.1) is 11.3 Å². The molecular formula is C12H21NO. The zero-order valence-corrected chi connectivity index (χ0v) is 9.14. The highest BCUT2D eigenvalue weighted by Gasteiger charge is 2.45. The van der Waals surface area contributed by atoms with Crippen LogP contribution >= 0.6 is 0 Å². The van der Waals surface area contributed by atoms with Gasteiger partial charge in [-0.2, -0.15) is 0 Å². The van der Waals surface area contributed by atoms with E-state index >= 15 is 0 Å². The molecule has 2 fully saturated rings. The normalized spacial score (nSPS) is 32.9. The Balaban J connectivity index is 2.06. The van der Waals surface area contributed by atoms with E-state index in [-0.39, 0.29) is 5.41 Å². The predicted octanol–water partition coefficient (Wildman–Crippen LogP) is 2.14. The highest BCUT2D eigenvalue weighted by Crippen LogP contribution is 2.42. The van der Waals surface area contributed by atoms with Gasteiger partial charge < -0.3 is 5.32 Å². The average Bonchev–Trinajstić information content (AvgIpc) is 3.02. The molecular weight excluding hydrogens is 174 g/mol. The molecule has 2 aliphatic rings. The fourth-order valence-corrected chi connectivity index (χ4v) is 2.77. The van der Waals surface area contributed by atoms with E-state index in [2.05, 4.69) is 12.2 Å². The first-order valence-corrected chi connectivity index (χ1v) is 6.03. The molecule has 0 amide bonds. The highest BCUT2D eigenvalue weighted by molar-refractivity contribution is 5.89. The summed E-state index contributed by atoms with van der Waals surface area (Å²) in [5.41, 5.74) is 0.0220. The van der Waals surface area contributed by atoms with Gasteiger partial charge in [0, 0.05) is 17.9 Å². The molecule has 2 nitrogen and oxygen atoms in total. The smallest absolute Gasteiger partial charge is 0.143 e. The van der Waals surface area contributed by atoms with E-state index in [4.69, 9.17) is 0 Å². The van der Waals surface area contributed by atoms with Crippen molar-refractivity contribution in [1.82, 2.24) is 5.32 Å². The van der Waals surface area contributed by atoms with Crippen molar-refractivity contribution in [3.05, 3.63) is 0 Å². The lowest BCUT2D eigenvalue weighted by Gasteiger charge is -2.36. The van der Waals surface area contributed by atoms with Crippen LogP contribution in [0.3, 0.4) is 0 Å². The van der Waals surface area contributed by atoms with Gasteiger partial charge in [-0.25, -0.2) is 0 Å². The van der Waals surface area contributed by atoms with Crippen LogP contribution in [0.4, 0.5) is 0 Å². The minimum absolute atomic E-state index is 0.0220. The third kappa shape index (κ3) is 1.85. The zero-order chi connectivity index (χ0) is 10.0. The zero-order valence-electron chi connectivity index (χ0n) is 9.14. The number of carbonyl (C=O) groups excluding carboxylic acids is 1. The predicted molar refractivity (Wildman–Crippen MR) is 57.2 cm³/mol. The molecule has 1 saturated heterocycles. The topological polar surface area (TPSA) is 29.1 Å². The number of Topliss-reactive ketones (excluding diaryl/α,β-unsaturated/α-hetero) is 1. The van der Waals surface area contributed by atoms with Crippen LogP contribution < -0.4 is 5.32 Å². The van der Waals surface area contributed by atoms with Crippen molar-refractivity contribution in [3.8, 4) is 0 Å². The Morgan fingerprint density at radius 2 is 2.29 bits per heavy atom. The molecule has 0 aromatic heterocycles. The summed E-state index contributed by atoms with van der Waals surface area (Å²) >= 11 is 0. The maximum Gasteiger partial charge on any atom is 0.143 e. The Hall–Kier alpha value is -0.370. The van der Waals surface area contributed by atoms with Crippen LogP contribution in [0.25, 0.3) is 0 Å². The van der Waals surface area contributed by atoms with Crippen LogP contribution in [-0.4, -0.2) is 18.9 Å². The molecule has 2 rings (SSSR count). The lowest BCUT2D eigenvalue weighted by molar-refractivity contribution is -0.131. The molecule has 1 unspecified atom stereocenters. The Bertz CT molecular complexity index is 209. The van der Waals surface area contributed by atoms with Crippen LogP contribution in [0.15, 0.2) is 0 Å². The number of rotatable bonds is 4. The van der Waals surface area contributed by atoms with Crippen molar-refractivity contribution in [1.29, 1.82) is 0 Å². The van der Waals surface area contributed by atoms with E-state index in [0.717, 1.165) is 45.2 Å². The van der Waals surface area contributed by atoms with Crippen molar-refractivity contribution in [2.75, 3.05) is 13.1 Å². The fourth-order valence-electron chi connectivity index (χ4n) is 2.77. The maximum absolute atomic E-state index is 12.2. The minimum Gasteiger partial charge on any atom is -0.316 e. The van der Waals surface area contributed by atoms with Gasteiger partial charge in [0.25, 0.3) is 0 Å². The standard InChI is InChI=1S/C12H21NO/c1-2-6-12(7-3-8-13-9-12)11(14)10-4-5-10/h10,13H,2-9H2,1H3. The third-order valence-electron chi connectivity index (χ3n) is 3.67. The third-order valence-corrected chi connectivity index (χ3v) is 3.67. The summed E-state index contributed by atoms with van der Waals surface area (Å²) in [5.74, 6) is 1.01. The Morgan fingerprint density at radius 1 is 1.50 bits per heavy atom. The number of hydrogen-bond acceptors (Lipinski definition) is 2. The summed E-state index contributed by atoms with van der Waals surface area (Å²) in [6.07, 6.45) is 6.85. The summed E-state index contributed by atoms with van der Waals surface area (Å²) in [6.45, 7) is 4.23. The fraction of sp³-hybridized carbons (Fsp3) is 0.917. The summed E-state index contributed by atoms with van der Waals surface area (Å²) < 4.78 is 0. The SMILES string of the molecule is CCCC1(C(=O)C2CC2)CCCNC1. The van der Waals surface area contributed by atoms with Crippen LogP contribution in [0.5, 0.6) is 0 Å². The molecule has 1 saturated carbocycles. The number of nitrogens with one attached hydrogen (secondary N) is 1. The first-order valence-electron chi connectivity index (χ1n) is 6.03. The molecule has 80 valence electrons. The number of carbonyl (C=O) groups is 1. The van der Waals surface area contributed by atoms with Gasteiger partial charge in [0.05, 0.1) is 0 Å². The molecule has 1 aliphatic heterocycles. The summed E-state index contributed by atoms with van der Waals surface area (Å²) in [4.78, 5) is 12.2. The van der Waals surface area contributed by atoms with E-state index in [1.807, 2.05) is 0 Å². The Morgan fingerprint density at radius 3 is 2.79 bits per heavy atom. The maximum atomic E-state index is 12.2. The highest BCUT2D eigenvalue weighted by atomic mass is 16.1. The van der Waals surface area contributed by atoms with Gasteiger partial charge in [-0.15, -0.1) is 0 Å². The van der Waals surface area contributed by atoms with Crippen LogP contribution in [0.1, 0.15) is 45.4 Å². The van der Waals surface area contributed by atoms with Crippen LogP contribution in [0.2, 0.25) is 0 Å².